The Morgan fingerprint density at radius 2 is 1.85 bits per heavy atom. The quantitative estimate of drug-likeness (QED) is 0.622. The normalized spacial score (nSPS) is 11.0. The molecule has 0 fully saturated rings. The number of aromatic nitrogens is 4. The first-order valence-electron chi connectivity index (χ1n) is 8.57. The third-order valence-corrected chi connectivity index (χ3v) is 4.99. The molecule has 2 N–H and O–H groups in total. The van der Waals surface area contributed by atoms with Crippen molar-refractivity contribution in [1.82, 2.24) is 20.2 Å². The zero-order chi connectivity index (χ0) is 18.7. The highest BCUT2D eigenvalue weighted by atomic mass is 32.2. The highest BCUT2D eigenvalue weighted by molar-refractivity contribution is 7.99. The summed E-state index contributed by atoms with van der Waals surface area (Å²) >= 11 is 1.55. The topological polar surface area (TPSA) is 69.7 Å². The lowest BCUT2D eigenvalue weighted by Gasteiger charge is -2.25. The van der Waals surface area contributed by atoms with E-state index in [1.807, 2.05) is 38.1 Å². The highest BCUT2D eigenvalue weighted by Crippen LogP contribution is 2.32. The van der Waals surface area contributed by atoms with E-state index in [1.54, 1.807) is 11.8 Å². The maximum atomic E-state index is 4.81. The number of hydrogen-bond donors (Lipinski definition) is 2. The Morgan fingerprint density at radius 3 is 2.46 bits per heavy atom. The van der Waals surface area contributed by atoms with Crippen LogP contribution in [0.2, 0.25) is 0 Å². The molecule has 2 aromatic heterocycles. The summed E-state index contributed by atoms with van der Waals surface area (Å²) in [5, 5.41) is 11.2. The summed E-state index contributed by atoms with van der Waals surface area (Å²) in [6.07, 6.45) is 0. The van der Waals surface area contributed by atoms with Crippen LogP contribution in [-0.2, 0) is 0 Å². The molecule has 0 saturated carbocycles. The van der Waals surface area contributed by atoms with Crippen molar-refractivity contribution in [3.8, 4) is 0 Å². The van der Waals surface area contributed by atoms with Gasteiger partial charge < -0.3 is 10.2 Å². The number of benzene rings is 1. The van der Waals surface area contributed by atoms with Gasteiger partial charge in [-0.2, -0.15) is 5.10 Å². The molecule has 3 rings (SSSR count). The second-order valence-corrected chi connectivity index (χ2v) is 7.53. The molecule has 136 valence electrons. The summed E-state index contributed by atoms with van der Waals surface area (Å²) in [7, 11) is 2.05. The number of hydrogen-bond acceptors (Lipinski definition) is 6. The van der Waals surface area contributed by atoms with Gasteiger partial charge in [0.15, 0.2) is 11.0 Å². The summed E-state index contributed by atoms with van der Waals surface area (Å²) in [5.74, 6) is 2.44. The Kier molecular flexibility index (Phi) is 5.46. The van der Waals surface area contributed by atoms with Gasteiger partial charge in [-0.25, -0.2) is 9.97 Å². The van der Waals surface area contributed by atoms with E-state index < -0.39 is 0 Å². The Labute approximate surface area is 158 Å². The molecule has 0 bridgehead atoms. The standard InChI is InChI=1S/C19H24N6S/c1-12(2)25(5)18-14(4)17(20-16-11-13(3)23-24-16)21-19(22-18)26-15-9-7-6-8-10-15/h6-12H,1-5H3,(H2,20,21,22,23,24). The van der Waals surface area contributed by atoms with Gasteiger partial charge in [-0.05, 0) is 51.6 Å². The van der Waals surface area contributed by atoms with E-state index in [9.17, 15) is 0 Å². The van der Waals surface area contributed by atoms with Crippen LogP contribution in [0.15, 0.2) is 46.5 Å². The number of aryl methyl sites for hydroxylation is 1. The van der Waals surface area contributed by atoms with E-state index in [1.165, 1.54) is 0 Å². The van der Waals surface area contributed by atoms with Crippen molar-refractivity contribution in [3.05, 3.63) is 47.7 Å². The van der Waals surface area contributed by atoms with E-state index in [0.717, 1.165) is 33.6 Å². The third kappa shape index (κ3) is 4.16. The first-order chi connectivity index (χ1) is 12.4. The second kappa shape index (κ2) is 7.78. The van der Waals surface area contributed by atoms with E-state index >= 15 is 0 Å². The molecular weight excluding hydrogens is 344 g/mol. The zero-order valence-electron chi connectivity index (χ0n) is 15.7. The Morgan fingerprint density at radius 1 is 1.12 bits per heavy atom. The van der Waals surface area contributed by atoms with Crippen LogP contribution in [0, 0.1) is 13.8 Å². The van der Waals surface area contributed by atoms with E-state index in [2.05, 4.69) is 53.4 Å². The van der Waals surface area contributed by atoms with Crippen molar-refractivity contribution in [3.63, 3.8) is 0 Å². The molecule has 6 nitrogen and oxygen atoms in total. The van der Waals surface area contributed by atoms with Gasteiger partial charge in [-0.3, -0.25) is 5.10 Å². The molecule has 1 aromatic carbocycles. The van der Waals surface area contributed by atoms with Gasteiger partial charge in [0, 0.05) is 35.3 Å². The number of nitrogens with zero attached hydrogens (tertiary/aromatic N) is 4. The molecule has 26 heavy (non-hydrogen) atoms. The van der Waals surface area contributed by atoms with Crippen LogP contribution in [0.3, 0.4) is 0 Å². The van der Waals surface area contributed by atoms with Crippen molar-refractivity contribution in [1.29, 1.82) is 0 Å². The molecule has 0 atom stereocenters. The van der Waals surface area contributed by atoms with Crippen LogP contribution in [0.5, 0.6) is 0 Å². The molecule has 2 heterocycles. The molecule has 0 aliphatic heterocycles. The molecule has 0 spiro atoms. The monoisotopic (exact) mass is 368 g/mol. The van der Waals surface area contributed by atoms with Crippen molar-refractivity contribution in [2.45, 2.75) is 43.8 Å². The summed E-state index contributed by atoms with van der Waals surface area (Å²) in [4.78, 5) is 12.8. The van der Waals surface area contributed by atoms with Gasteiger partial charge >= 0.3 is 0 Å². The number of rotatable bonds is 6. The predicted molar refractivity (Wildman–Crippen MR) is 107 cm³/mol. The molecule has 0 amide bonds. The fourth-order valence-electron chi connectivity index (χ4n) is 2.44. The summed E-state index contributed by atoms with van der Waals surface area (Å²) < 4.78 is 0. The molecule has 3 aromatic rings. The van der Waals surface area contributed by atoms with Crippen molar-refractivity contribution >= 4 is 29.2 Å². The number of anilines is 3. The summed E-state index contributed by atoms with van der Waals surface area (Å²) in [6.45, 7) is 8.30. The molecular formula is C19H24N6S. The summed E-state index contributed by atoms with van der Waals surface area (Å²) in [6, 6.07) is 12.4. The highest BCUT2D eigenvalue weighted by Gasteiger charge is 2.17. The van der Waals surface area contributed by atoms with Gasteiger partial charge in [0.1, 0.15) is 11.6 Å². The fraction of sp³-hybridized carbons (Fsp3) is 0.316. The van der Waals surface area contributed by atoms with Gasteiger partial charge in [-0.15, -0.1) is 0 Å². The van der Waals surface area contributed by atoms with E-state index in [4.69, 9.17) is 9.97 Å². The van der Waals surface area contributed by atoms with Crippen LogP contribution >= 0.6 is 11.8 Å². The third-order valence-electron chi connectivity index (χ3n) is 4.11. The van der Waals surface area contributed by atoms with Gasteiger partial charge in [0.25, 0.3) is 0 Å². The average molecular weight is 369 g/mol. The van der Waals surface area contributed by atoms with Crippen LogP contribution in [0.1, 0.15) is 25.1 Å². The van der Waals surface area contributed by atoms with Crippen LogP contribution in [0.4, 0.5) is 17.5 Å². The largest absolute Gasteiger partial charge is 0.357 e. The Balaban J connectivity index is 2.00. The zero-order valence-corrected chi connectivity index (χ0v) is 16.6. The lowest BCUT2D eigenvalue weighted by atomic mass is 10.2. The first-order valence-corrected chi connectivity index (χ1v) is 9.39. The minimum Gasteiger partial charge on any atom is -0.357 e. The number of H-pyrrole nitrogens is 1. The minimum absolute atomic E-state index is 0.332. The van der Waals surface area contributed by atoms with Crippen molar-refractivity contribution in [2.24, 2.45) is 0 Å². The molecule has 7 heteroatoms. The van der Waals surface area contributed by atoms with Crippen LogP contribution in [-0.4, -0.2) is 33.3 Å². The first kappa shape index (κ1) is 18.3. The smallest absolute Gasteiger partial charge is 0.196 e. The van der Waals surface area contributed by atoms with Gasteiger partial charge in [0.05, 0.1) is 0 Å². The Hall–Kier alpha value is -2.54. The molecule has 0 unspecified atom stereocenters. The number of aromatic amines is 1. The van der Waals surface area contributed by atoms with Crippen LogP contribution < -0.4 is 10.2 Å². The SMILES string of the molecule is Cc1cc(Nc2nc(Sc3ccccc3)nc(N(C)C(C)C)c2C)n[nH]1. The van der Waals surface area contributed by atoms with Gasteiger partial charge in [0.2, 0.25) is 0 Å². The second-order valence-electron chi connectivity index (χ2n) is 6.48. The van der Waals surface area contributed by atoms with E-state index in [-0.39, 0.29) is 0 Å². The Bertz CT molecular complexity index is 875. The van der Waals surface area contributed by atoms with Crippen molar-refractivity contribution < 1.29 is 0 Å². The van der Waals surface area contributed by atoms with E-state index in [0.29, 0.717) is 11.2 Å². The maximum absolute atomic E-state index is 4.81. The lowest BCUT2D eigenvalue weighted by Crippen LogP contribution is -2.28. The molecule has 0 aliphatic rings. The minimum atomic E-state index is 0.332. The molecule has 0 aliphatic carbocycles. The lowest BCUT2D eigenvalue weighted by molar-refractivity contribution is 0.729. The van der Waals surface area contributed by atoms with Crippen molar-refractivity contribution in [2.75, 3.05) is 17.3 Å². The van der Waals surface area contributed by atoms with Crippen LogP contribution in [0.25, 0.3) is 0 Å². The number of nitrogens with one attached hydrogen (secondary N) is 2. The summed E-state index contributed by atoms with van der Waals surface area (Å²) in [5.41, 5.74) is 2.00. The predicted octanol–water partition coefficient (Wildman–Crippen LogP) is 4.56. The average Bonchev–Trinajstić information content (AvgIpc) is 3.02. The fourth-order valence-corrected chi connectivity index (χ4v) is 3.21. The van der Waals surface area contributed by atoms with Gasteiger partial charge in [-0.1, -0.05) is 18.2 Å². The molecule has 0 radical (unpaired) electrons. The maximum Gasteiger partial charge on any atom is 0.196 e. The molecule has 0 saturated heterocycles.